The third kappa shape index (κ3) is 2.51. The summed E-state index contributed by atoms with van der Waals surface area (Å²) in [5.41, 5.74) is 4.29. The van der Waals surface area contributed by atoms with E-state index in [9.17, 15) is 4.79 Å². The molecule has 4 rings (SSSR count). The Morgan fingerprint density at radius 3 is 2.64 bits per heavy atom. The highest BCUT2D eigenvalue weighted by molar-refractivity contribution is 6.30. The molecule has 0 fully saturated rings. The first kappa shape index (κ1) is 15.8. The Labute approximate surface area is 149 Å². The summed E-state index contributed by atoms with van der Waals surface area (Å²) in [5, 5.41) is 5.90. The van der Waals surface area contributed by atoms with Gasteiger partial charge in [0.05, 0.1) is 16.6 Å². The van der Waals surface area contributed by atoms with Gasteiger partial charge in [0.15, 0.2) is 5.65 Å². The predicted molar refractivity (Wildman–Crippen MR) is 100 cm³/mol. The van der Waals surface area contributed by atoms with Crippen LogP contribution in [0.3, 0.4) is 0 Å². The van der Waals surface area contributed by atoms with Crippen molar-refractivity contribution < 1.29 is 0 Å². The largest absolute Gasteiger partial charge is 0.315 e. The average Bonchev–Trinajstić information content (AvgIpc) is 2.94. The molecule has 0 unspecified atom stereocenters. The van der Waals surface area contributed by atoms with Crippen molar-refractivity contribution in [3.63, 3.8) is 0 Å². The van der Waals surface area contributed by atoms with Crippen LogP contribution in [0, 0.1) is 6.92 Å². The highest BCUT2D eigenvalue weighted by Crippen LogP contribution is 2.29. The van der Waals surface area contributed by atoms with Crippen molar-refractivity contribution in [2.75, 3.05) is 0 Å². The van der Waals surface area contributed by atoms with Crippen molar-refractivity contribution in [3.05, 3.63) is 63.8 Å². The Morgan fingerprint density at radius 2 is 1.92 bits per heavy atom. The molecule has 0 aliphatic carbocycles. The fraction of sp³-hybridized carbons (Fsp3) is 0.211. The minimum absolute atomic E-state index is 0.0325. The topological polar surface area (TPSA) is 52.2 Å². The number of benzene rings is 1. The first-order valence-electron chi connectivity index (χ1n) is 8.23. The van der Waals surface area contributed by atoms with E-state index in [1.807, 2.05) is 50.4 Å². The van der Waals surface area contributed by atoms with Crippen LogP contribution in [-0.4, -0.2) is 19.2 Å². The average molecular weight is 353 g/mol. The lowest BCUT2D eigenvalue weighted by Gasteiger charge is -2.07. The van der Waals surface area contributed by atoms with Gasteiger partial charge in [-0.05, 0) is 37.1 Å². The van der Waals surface area contributed by atoms with Gasteiger partial charge in [0.25, 0.3) is 5.56 Å². The summed E-state index contributed by atoms with van der Waals surface area (Å²) >= 11 is 5.99. The van der Waals surface area contributed by atoms with Crippen molar-refractivity contribution in [1.29, 1.82) is 0 Å². The van der Waals surface area contributed by atoms with Crippen LogP contribution < -0.4 is 5.56 Å². The molecule has 0 saturated carbocycles. The standard InChI is InChI=1S/C19H17ClN4O/c1-3-9-23-10-8-16-15(19(23)25)11-21-18-17(12(2)22-24(16)18)13-4-6-14(20)7-5-13/h4-8,10-11H,3,9H2,1-2H3. The molecule has 0 spiro atoms. The van der Waals surface area contributed by atoms with E-state index < -0.39 is 0 Å². The summed E-state index contributed by atoms with van der Waals surface area (Å²) in [4.78, 5) is 17.2. The minimum atomic E-state index is -0.0325. The van der Waals surface area contributed by atoms with Gasteiger partial charge in [-0.15, -0.1) is 0 Å². The van der Waals surface area contributed by atoms with Crippen LogP contribution in [0.4, 0.5) is 0 Å². The number of nitrogens with zero attached hydrogens (tertiary/aromatic N) is 4. The number of hydrogen-bond donors (Lipinski definition) is 0. The van der Waals surface area contributed by atoms with E-state index in [-0.39, 0.29) is 5.56 Å². The summed E-state index contributed by atoms with van der Waals surface area (Å²) in [5.74, 6) is 0. The fourth-order valence-electron chi connectivity index (χ4n) is 3.19. The Morgan fingerprint density at radius 1 is 1.16 bits per heavy atom. The van der Waals surface area contributed by atoms with Crippen LogP contribution in [0.1, 0.15) is 19.0 Å². The van der Waals surface area contributed by atoms with Crippen LogP contribution in [-0.2, 0) is 6.54 Å². The maximum absolute atomic E-state index is 12.6. The van der Waals surface area contributed by atoms with E-state index in [4.69, 9.17) is 11.6 Å². The monoisotopic (exact) mass is 352 g/mol. The van der Waals surface area contributed by atoms with Gasteiger partial charge in [-0.3, -0.25) is 4.79 Å². The molecule has 25 heavy (non-hydrogen) atoms. The van der Waals surface area contributed by atoms with Crippen molar-refractivity contribution in [3.8, 4) is 11.1 Å². The minimum Gasteiger partial charge on any atom is -0.315 e. The smallest absolute Gasteiger partial charge is 0.261 e. The molecule has 0 amide bonds. The van der Waals surface area contributed by atoms with Gasteiger partial charge in [-0.2, -0.15) is 5.10 Å². The second-order valence-electron chi connectivity index (χ2n) is 6.07. The van der Waals surface area contributed by atoms with Crippen LogP contribution in [0.25, 0.3) is 27.7 Å². The predicted octanol–water partition coefficient (Wildman–Crippen LogP) is 4.08. The molecule has 0 bridgehead atoms. The molecule has 0 saturated heterocycles. The number of pyridine rings is 1. The lowest BCUT2D eigenvalue weighted by Crippen LogP contribution is -2.20. The van der Waals surface area contributed by atoms with Gasteiger partial charge < -0.3 is 4.57 Å². The lowest BCUT2D eigenvalue weighted by molar-refractivity contribution is 0.658. The number of aryl methyl sites for hydroxylation is 2. The van der Waals surface area contributed by atoms with Crippen molar-refractivity contribution in [1.82, 2.24) is 19.2 Å². The molecule has 5 nitrogen and oxygen atoms in total. The molecule has 4 aromatic rings. The highest BCUT2D eigenvalue weighted by Gasteiger charge is 2.16. The third-order valence-corrected chi connectivity index (χ3v) is 4.61. The van der Waals surface area contributed by atoms with E-state index in [1.165, 1.54) is 0 Å². The number of hydrogen-bond acceptors (Lipinski definition) is 3. The molecule has 0 aliphatic heterocycles. The van der Waals surface area contributed by atoms with Crippen molar-refractivity contribution >= 4 is 28.2 Å². The van der Waals surface area contributed by atoms with Gasteiger partial charge in [0.1, 0.15) is 0 Å². The molecule has 0 atom stereocenters. The Balaban J connectivity index is 2.01. The summed E-state index contributed by atoms with van der Waals surface area (Å²) in [6.07, 6.45) is 4.38. The van der Waals surface area contributed by atoms with Crippen LogP contribution in [0.5, 0.6) is 0 Å². The SMILES string of the molecule is CCCn1ccc2c(cnc3c(-c4ccc(Cl)cc4)c(C)nn32)c1=O. The second kappa shape index (κ2) is 6.01. The molecular weight excluding hydrogens is 336 g/mol. The molecule has 0 aliphatic rings. The van der Waals surface area contributed by atoms with E-state index in [0.29, 0.717) is 17.0 Å². The zero-order chi connectivity index (χ0) is 17.6. The first-order chi connectivity index (χ1) is 12.1. The van der Waals surface area contributed by atoms with Gasteiger partial charge in [-0.25, -0.2) is 9.50 Å². The summed E-state index contributed by atoms with van der Waals surface area (Å²) in [6.45, 7) is 4.69. The molecule has 0 N–H and O–H groups in total. The molecule has 6 heteroatoms. The Hall–Kier alpha value is -2.66. The molecule has 3 heterocycles. The van der Waals surface area contributed by atoms with E-state index >= 15 is 0 Å². The molecule has 0 radical (unpaired) electrons. The molecule has 1 aromatic carbocycles. The van der Waals surface area contributed by atoms with Crippen LogP contribution >= 0.6 is 11.6 Å². The quantitative estimate of drug-likeness (QED) is 0.558. The highest BCUT2D eigenvalue weighted by atomic mass is 35.5. The normalized spacial score (nSPS) is 11.5. The first-order valence-corrected chi connectivity index (χ1v) is 8.61. The molecular formula is C19H17ClN4O. The fourth-order valence-corrected chi connectivity index (χ4v) is 3.31. The lowest BCUT2D eigenvalue weighted by atomic mass is 10.1. The number of aromatic nitrogens is 4. The summed E-state index contributed by atoms with van der Waals surface area (Å²) in [6, 6.07) is 9.54. The van der Waals surface area contributed by atoms with Crippen LogP contribution in [0.15, 0.2) is 47.5 Å². The number of rotatable bonds is 3. The summed E-state index contributed by atoms with van der Waals surface area (Å²) in [7, 11) is 0. The van der Waals surface area contributed by atoms with Gasteiger partial charge >= 0.3 is 0 Å². The Bertz CT molecular complexity index is 1140. The maximum atomic E-state index is 12.6. The Kier molecular flexibility index (Phi) is 3.81. The van der Waals surface area contributed by atoms with Crippen molar-refractivity contribution in [2.45, 2.75) is 26.8 Å². The van der Waals surface area contributed by atoms with Crippen molar-refractivity contribution in [2.24, 2.45) is 0 Å². The number of halogens is 1. The maximum Gasteiger partial charge on any atom is 0.261 e. The van der Waals surface area contributed by atoms with E-state index in [1.54, 1.807) is 15.3 Å². The van der Waals surface area contributed by atoms with Crippen LogP contribution in [0.2, 0.25) is 5.02 Å². The van der Waals surface area contributed by atoms with Gasteiger partial charge in [0, 0.05) is 29.5 Å². The van der Waals surface area contributed by atoms with E-state index in [2.05, 4.69) is 10.1 Å². The zero-order valence-corrected chi connectivity index (χ0v) is 14.8. The molecule has 126 valence electrons. The van der Waals surface area contributed by atoms with Gasteiger partial charge in [-0.1, -0.05) is 30.7 Å². The second-order valence-corrected chi connectivity index (χ2v) is 6.51. The van der Waals surface area contributed by atoms with E-state index in [0.717, 1.165) is 34.4 Å². The number of fused-ring (bicyclic) bond motifs is 3. The summed E-state index contributed by atoms with van der Waals surface area (Å²) < 4.78 is 3.47. The third-order valence-electron chi connectivity index (χ3n) is 4.36. The zero-order valence-electron chi connectivity index (χ0n) is 14.0. The van der Waals surface area contributed by atoms with Gasteiger partial charge in [0.2, 0.25) is 0 Å². The molecule has 3 aromatic heterocycles.